The van der Waals surface area contributed by atoms with Gasteiger partial charge in [0.15, 0.2) is 0 Å². The van der Waals surface area contributed by atoms with E-state index in [4.69, 9.17) is 0 Å². The summed E-state index contributed by atoms with van der Waals surface area (Å²) in [7, 11) is 0. The quantitative estimate of drug-likeness (QED) is 0.514. The van der Waals surface area contributed by atoms with Gasteiger partial charge in [0.1, 0.15) is 5.69 Å². The maximum absolute atomic E-state index is 13.3. The zero-order valence-electron chi connectivity index (χ0n) is 8.22. The van der Waals surface area contributed by atoms with E-state index in [0.717, 1.165) is 12.1 Å². The molecule has 0 aromatic heterocycles. The summed E-state index contributed by atoms with van der Waals surface area (Å²) in [5.74, 6) is -3.80. The molecule has 98 valence electrons. The van der Waals surface area contributed by atoms with Gasteiger partial charge in [-0.1, -0.05) is 0 Å². The fourth-order valence-electron chi connectivity index (χ4n) is 1.01. The molecule has 0 aliphatic rings. The Labute approximate surface area is 105 Å². The Hall–Kier alpha value is -1.71. The average molecular weight is 331 g/mol. The van der Waals surface area contributed by atoms with Crippen LogP contribution in [-0.2, 0) is 4.79 Å². The van der Waals surface area contributed by atoms with E-state index < -0.39 is 34.2 Å². The second-order valence-corrected chi connectivity index (χ2v) is 3.82. The van der Waals surface area contributed by atoms with E-state index in [9.17, 15) is 32.5 Å². The highest BCUT2D eigenvalue weighted by molar-refractivity contribution is 9.10. The number of nitro groups is 1. The van der Waals surface area contributed by atoms with E-state index in [2.05, 4.69) is 15.9 Å². The van der Waals surface area contributed by atoms with Crippen molar-refractivity contribution in [3.63, 3.8) is 0 Å². The topological polar surface area (TPSA) is 72.2 Å². The summed E-state index contributed by atoms with van der Waals surface area (Å²) < 4.78 is 48.9. The predicted molar refractivity (Wildman–Crippen MR) is 55.4 cm³/mol. The Balaban J connectivity index is 3.22. The van der Waals surface area contributed by atoms with E-state index in [1.807, 2.05) is 0 Å². The molecule has 1 aromatic rings. The number of amides is 1. The minimum atomic E-state index is -5.22. The third kappa shape index (κ3) is 2.94. The number of hydrogen-bond donors (Lipinski definition) is 1. The number of rotatable bonds is 2. The fourth-order valence-corrected chi connectivity index (χ4v) is 1.33. The van der Waals surface area contributed by atoms with Gasteiger partial charge < -0.3 is 5.32 Å². The number of carbonyl (C=O) groups is 1. The van der Waals surface area contributed by atoms with Crippen molar-refractivity contribution in [3.05, 3.63) is 32.5 Å². The minimum absolute atomic E-state index is 0.306. The lowest BCUT2D eigenvalue weighted by atomic mass is 10.2. The fraction of sp³-hybridized carbons (Fsp3) is 0.125. The molecule has 0 unspecified atom stereocenters. The largest absolute Gasteiger partial charge is 0.471 e. The molecule has 0 saturated heterocycles. The first-order valence-electron chi connectivity index (χ1n) is 4.15. The van der Waals surface area contributed by atoms with Gasteiger partial charge in [0, 0.05) is 0 Å². The van der Waals surface area contributed by atoms with Crippen LogP contribution in [-0.4, -0.2) is 17.0 Å². The number of nitrogens with one attached hydrogen (secondary N) is 1. The zero-order chi connectivity index (χ0) is 14.1. The first-order chi connectivity index (χ1) is 8.14. The summed E-state index contributed by atoms with van der Waals surface area (Å²) in [4.78, 5) is 19.9. The second-order valence-electron chi connectivity index (χ2n) is 2.97. The number of benzene rings is 1. The third-order valence-electron chi connectivity index (χ3n) is 1.76. The zero-order valence-corrected chi connectivity index (χ0v) is 9.80. The average Bonchev–Trinajstić information content (AvgIpc) is 2.21. The summed E-state index contributed by atoms with van der Waals surface area (Å²) in [6.07, 6.45) is -5.22. The molecule has 1 N–H and O–H groups in total. The molecule has 0 saturated carbocycles. The van der Waals surface area contributed by atoms with Crippen LogP contribution in [0.1, 0.15) is 0 Å². The molecular weight excluding hydrogens is 328 g/mol. The van der Waals surface area contributed by atoms with Crippen LogP contribution in [0.3, 0.4) is 0 Å². The molecule has 0 aliphatic heterocycles. The Morgan fingerprint density at radius 2 is 1.94 bits per heavy atom. The summed E-state index contributed by atoms with van der Waals surface area (Å²) >= 11 is 2.64. The van der Waals surface area contributed by atoms with E-state index in [-0.39, 0.29) is 4.47 Å². The first-order valence-corrected chi connectivity index (χ1v) is 4.94. The van der Waals surface area contributed by atoms with Gasteiger partial charge in [-0.2, -0.15) is 17.6 Å². The summed E-state index contributed by atoms with van der Waals surface area (Å²) in [5, 5.41) is 11.8. The lowest BCUT2D eigenvalue weighted by molar-refractivity contribution is -0.386. The van der Waals surface area contributed by atoms with E-state index >= 15 is 0 Å². The van der Waals surface area contributed by atoms with Crippen molar-refractivity contribution in [2.24, 2.45) is 0 Å². The Morgan fingerprint density at radius 1 is 1.39 bits per heavy atom. The Kier molecular flexibility index (Phi) is 3.89. The molecule has 0 heterocycles. The molecule has 0 aliphatic carbocycles. The van der Waals surface area contributed by atoms with Gasteiger partial charge in [0.05, 0.1) is 9.40 Å². The standard InChI is InChI=1S/C8H3BrF4N2O3/c9-3-1-2-4(6(5(3)10)15(17)18)14-7(16)8(11,12)13/h1-2H,(H,14,16). The molecule has 1 rings (SSSR count). The third-order valence-corrected chi connectivity index (χ3v) is 2.37. The molecule has 0 spiro atoms. The van der Waals surface area contributed by atoms with Crippen molar-refractivity contribution in [3.8, 4) is 0 Å². The maximum atomic E-state index is 13.3. The smallest absolute Gasteiger partial charge is 0.312 e. The Morgan fingerprint density at radius 3 is 2.39 bits per heavy atom. The highest BCUT2D eigenvalue weighted by atomic mass is 79.9. The molecule has 5 nitrogen and oxygen atoms in total. The van der Waals surface area contributed by atoms with Crippen LogP contribution < -0.4 is 5.32 Å². The predicted octanol–water partition coefficient (Wildman–Crippen LogP) is 3.00. The molecule has 1 amide bonds. The van der Waals surface area contributed by atoms with Crippen LogP contribution in [0.5, 0.6) is 0 Å². The van der Waals surface area contributed by atoms with Crippen LogP contribution in [0.25, 0.3) is 0 Å². The maximum Gasteiger partial charge on any atom is 0.471 e. The summed E-state index contributed by atoms with van der Waals surface area (Å²) in [6.45, 7) is 0. The lowest BCUT2D eigenvalue weighted by Gasteiger charge is -2.09. The molecule has 0 bridgehead atoms. The van der Waals surface area contributed by atoms with Crippen LogP contribution in [0, 0.1) is 15.9 Å². The molecule has 1 aromatic carbocycles. The van der Waals surface area contributed by atoms with Gasteiger partial charge in [-0.3, -0.25) is 14.9 Å². The number of hydrogen-bond acceptors (Lipinski definition) is 3. The molecule has 0 radical (unpaired) electrons. The lowest BCUT2D eigenvalue weighted by Crippen LogP contribution is -2.30. The molecule has 0 fully saturated rings. The van der Waals surface area contributed by atoms with Crippen molar-refractivity contribution in [2.75, 3.05) is 5.32 Å². The van der Waals surface area contributed by atoms with E-state index in [1.165, 1.54) is 5.32 Å². The molecule has 10 heteroatoms. The number of halogens is 5. The number of alkyl halides is 3. The van der Waals surface area contributed by atoms with Crippen LogP contribution >= 0.6 is 15.9 Å². The van der Waals surface area contributed by atoms with Crippen LogP contribution in [0.2, 0.25) is 0 Å². The van der Waals surface area contributed by atoms with E-state index in [1.54, 1.807) is 0 Å². The number of anilines is 1. The summed E-state index contributed by atoms with van der Waals surface area (Å²) in [5.41, 5.74) is -2.12. The SMILES string of the molecule is O=C(Nc1ccc(Br)c(F)c1[N+](=O)[O-])C(F)(F)F. The monoisotopic (exact) mass is 330 g/mol. The highest BCUT2D eigenvalue weighted by Gasteiger charge is 2.40. The van der Waals surface area contributed by atoms with Gasteiger partial charge in [-0.15, -0.1) is 0 Å². The molecular formula is C8H3BrF4N2O3. The van der Waals surface area contributed by atoms with Crippen LogP contribution in [0.4, 0.5) is 28.9 Å². The van der Waals surface area contributed by atoms with Gasteiger partial charge in [0.25, 0.3) is 0 Å². The van der Waals surface area contributed by atoms with E-state index in [0.29, 0.717) is 0 Å². The van der Waals surface area contributed by atoms with Crippen molar-refractivity contribution >= 4 is 33.2 Å². The minimum Gasteiger partial charge on any atom is -0.312 e. The number of nitrogens with zero attached hydrogens (tertiary/aromatic N) is 1. The highest BCUT2D eigenvalue weighted by Crippen LogP contribution is 2.33. The number of carbonyl (C=O) groups excluding carboxylic acids is 1. The van der Waals surface area contributed by atoms with Crippen molar-refractivity contribution in [1.29, 1.82) is 0 Å². The van der Waals surface area contributed by atoms with Crippen molar-refractivity contribution in [2.45, 2.75) is 6.18 Å². The molecule has 0 atom stereocenters. The Bertz CT molecular complexity index is 518. The second kappa shape index (κ2) is 4.88. The van der Waals surface area contributed by atoms with Gasteiger partial charge in [-0.25, -0.2) is 0 Å². The normalized spacial score (nSPS) is 11.2. The number of nitro benzene ring substituents is 1. The van der Waals surface area contributed by atoms with Gasteiger partial charge in [-0.05, 0) is 28.1 Å². The van der Waals surface area contributed by atoms with Crippen LogP contribution in [0.15, 0.2) is 16.6 Å². The van der Waals surface area contributed by atoms with Crippen molar-refractivity contribution < 1.29 is 27.3 Å². The van der Waals surface area contributed by atoms with Gasteiger partial charge in [0.2, 0.25) is 5.82 Å². The summed E-state index contributed by atoms with van der Waals surface area (Å²) in [6, 6.07) is 1.73. The molecule has 18 heavy (non-hydrogen) atoms. The van der Waals surface area contributed by atoms with Crippen molar-refractivity contribution in [1.82, 2.24) is 0 Å². The first kappa shape index (κ1) is 14.4. The van der Waals surface area contributed by atoms with Gasteiger partial charge >= 0.3 is 17.8 Å².